The number of benzene rings is 1. The minimum atomic E-state index is -3.45. The van der Waals surface area contributed by atoms with Crippen molar-refractivity contribution >= 4 is 44.0 Å². The summed E-state index contributed by atoms with van der Waals surface area (Å²) in [6.45, 7) is 6.76. The fourth-order valence-electron chi connectivity index (χ4n) is 3.87. The SMILES string of the molecule is CC(C)CN(c1ccnc(N[C@@H](C)c2cc3cc(Cl)c(OCC4CC4)cc3[nH]c2=O)c1)S(C)(=O)=O. The first kappa shape index (κ1) is 25.3. The molecule has 1 atom stereocenters. The van der Waals surface area contributed by atoms with Gasteiger partial charge in [0.25, 0.3) is 5.56 Å². The molecule has 35 heavy (non-hydrogen) atoms. The van der Waals surface area contributed by atoms with Gasteiger partial charge in [0.2, 0.25) is 10.0 Å². The van der Waals surface area contributed by atoms with Crippen LogP contribution in [0.2, 0.25) is 5.02 Å². The van der Waals surface area contributed by atoms with Gasteiger partial charge in [-0.2, -0.15) is 0 Å². The minimum absolute atomic E-state index is 0.149. The van der Waals surface area contributed by atoms with Crippen LogP contribution in [0.1, 0.15) is 45.2 Å². The summed E-state index contributed by atoms with van der Waals surface area (Å²) in [7, 11) is -3.45. The Labute approximate surface area is 210 Å². The van der Waals surface area contributed by atoms with E-state index in [0.29, 0.717) is 52.4 Å². The third-order valence-electron chi connectivity index (χ3n) is 5.89. The van der Waals surface area contributed by atoms with E-state index in [1.54, 1.807) is 36.5 Å². The Morgan fingerprint density at radius 3 is 2.63 bits per heavy atom. The van der Waals surface area contributed by atoms with E-state index < -0.39 is 16.1 Å². The number of anilines is 2. The summed E-state index contributed by atoms with van der Waals surface area (Å²) in [6.07, 6.45) is 5.10. The van der Waals surface area contributed by atoms with Crippen molar-refractivity contribution in [2.24, 2.45) is 11.8 Å². The number of sulfonamides is 1. The monoisotopic (exact) mass is 518 g/mol. The number of ether oxygens (including phenoxy) is 1. The van der Waals surface area contributed by atoms with Crippen LogP contribution in [0, 0.1) is 11.8 Å². The van der Waals surface area contributed by atoms with Gasteiger partial charge in [-0.05, 0) is 49.8 Å². The van der Waals surface area contributed by atoms with Gasteiger partial charge in [-0.3, -0.25) is 9.10 Å². The number of hydrogen-bond acceptors (Lipinski definition) is 6. The van der Waals surface area contributed by atoms with Gasteiger partial charge in [0, 0.05) is 35.8 Å². The van der Waals surface area contributed by atoms with Crippen molar-refractivity contribution in [1.29, 1.82) is 0 Å². The fourth-order valence-corrected chi connectivity index (χ4v) is 5.16. The van der Waals surface area contributed by atoms with E-state index in [1.807, 2.05) is 20.8 Å². The molecule has 2 N–H and O–H groups in total. The summed E-state index contributed by atoms with van der Waals surface area (Å²) in [5.41, 5.74) is 1.44. The van der Waals surface area contributed by atoms with Gasteiger partial charge in [-0.1, -0.05) is 25.4 Å². The highest BCUT2D eigenvalue weighted by Gasteiger charge is 2.23. The summed E-state index contributed by atoms with van der Waals surface area (Å²) in [5, 5.41) is 4.51. The molecule has 2 heterocycles. The van der Waals surface area contributed by atoms with E-state index in [1.165, 1.54) is 23.4 Å². The van der Waals surface area contributed by atoms with Crippen LogP contribution in [0.3, 0.4) is 0 Å². The molecule has 3 aromatic rings. The highest BCUT2D eigenvalue weighted by molar-refractivity contribution is 7.92. The first-order valence-electron chi connectivity index (χ1n) is 11.7. The zero-order valence-electron chi connectivity index (χ0n) is 20.3. The van der Waals surface area contributed by atoms with Crippen LogP contribution < -0.4 is 19.9 Å². The van der Waals surface area contributed by atoms with E-state index in [0.717, 1.165) is 5.39 Å². The lowest BCUT2D eigenvalue weighted by molar-refractivity contribution is 0.300. The molecule has 0 spiro atoms. The second kappa shape index (κ2) is 10.1. The number of pyridine rings is 2. The van der Waals surface area contributed by atoms with E-state index in [2.05, 4.69) is 15.3 Å². The summed E-state index contributed by atoms with van der Waals surface area (Å²) in [6, 6.07) is 8.30. The molecule has 0 amide bonds. The Morgan fingerprint density at radius 2 is 1.97 bits per heavy atom. The summed E-state index contributed by atoms with van der Waals surface area (Å²) in [4.78, 5) is 20.1. The van der Waals surface area contributed by atoms with Crippen LogP contribution in [-0.2, 0) is 10.0 Å². The zero-order chi connectivity index (χ0) is 25.3. The van der Waals surface area contributed by atoms with Crippen molar-refractivity contribution in [2.45, 2.75) is 39.7 Å². The van der Waals surface area contributed by atoms with E-state index >= 15 is 0 Å². The molecule has 1 aromatic carbocycles. The number of nitrogens with one attached hydrogen (secondary N) is 2. The smallest absolute Gasteiger partial charge is 0.253 e. The Balaban J connectivity index is 1.58. The minimum Gasteiger partial charge on any atom is -0.492 e. The van der Waals surface area contributed by atoms with Gasteiger partial charge in [0.15, 0.2) is 0 Å². The summed E-state index contributed by atoms with van der Waals surface area (Å²) < 4.78 is 31.9. The maximum Gasteiger partial charge on any atom is 0.253 e. The van der Waals surface area contributed by atoms with Crippen LogP contribution in [0.4, 0.5) is 11.5 Å². The first-order chi connectivity index (χ1) is 16.5. The molecule has 1 saturated carbocycles. The number of fused-ring (bicyclic) bond motifs is 1. The topological polar surface area (TPSA) is 104 Å². The Morgan fingerprint density at radius 1 is 1.23 bits per heavy atom. The Bertz CT molecular complexity index is 1390. The molecule has 0 radical (unpaired) electrons. The lowest BCUT2D eigenvalue weighted by Crippen LogP contribution is -2.33. The predicted molar refractivity (Wildman–Crippen MR) is 141 cm³/mol. The van der Waals surface area contributed by atoms with Gasteiger partial charge < -0.3 is 15.0 Å². The van der Waals surface area contributed by atoms with E-state index in [4.69, 9.17) is 16.3 Å². The third kappa shape index (κ3) is 6.27. The highest BCUT2D eigenvalue weighted by Crippen LogP contribution is 2.34. The summed E-state index contributed by atoms with van der Waals surface area (Å²) in [5.74, 6) is 1.78. The molecule has 0 unspecified atom stereocenters. The number of nitrogens with zero attached hydrogens (tertiary/aromatic N) is 2. The van der Waals surface area contributed by atoms with Crippen LogP contribution in [-0.4, -0.2) is 37.8 Å². The highest BCUT2D eigenvalue weighted by atomic mass is 35.5. The largest absolute Gasteiger partial charge is 0.492 e. The van der Waals surface area contributed by atoms with Crippen LogP contribution in [0.15, 0.2) is 41.3 Å². The molecule has 0 saturated heterocycles. The van der Waals surface area contributed by atoms with E-state index in [9.17, 15) is 13.2 Å². The molecule has 188 valence electrons. The lowest BCUT2D eigenvalue weighted by Gasteiger charge is -2.25. The maximum absolute atomic E-state index is 12.9. The first-order valence-corrected chi connectivity index (χ1v) is 13.9. The van der Waals surface area contributed by atoms with Crippen LogP contribution in [0.25, 0.3) is 10.9 Å². The van der Waals surface area contributed by atoms with Gasteiger partial charge >= 0.3 is 0 Å². The number of hydrogen-bond donors (Lipinski definition) is 2. The lowest BCUT2D eigenvalue weighted by atomic mass is 10.1. The van der Waals surface area contributed by atoms with Crippen LogP contribution in [0.5, 0.6) is 5.75 Å². The second-order valence-electron chi connectivity index (χ2n) is 9.63. The number of H-pyrrole nitrogens is 1. The Kier molecular flexibility index (Phi) is 7.28. The molecule has 0 bridgehead atoms. The predicted octanol–water partition coefficient (Wildman–Crippen LogP) is 4.96. The molecule has 1 aliphatic carbocycles. The van der Waals surface area contributed by atoms with Crippen LogP contribution >= 0.6 is 11.6 Å². The number of halogens is 1. The van der Waals surface area contributed by atoms with Crippen molar-refractivity contribution in [3.63, 3.8) is 0 Å². The molecule has 2 aromatic heterocycles. The Hall–Kier alpha value is -2.78. The van der Waals surface area contributed by atoms with Crippen molar-refractivity contribution in [3.8, 4) is 5.75 Å². The molecule has 8 nitrogen and oxygen atoms in total. The number of aromatic nitrogens is 2. The normalized spacial score (nSPS) is 14.8. The molecule has 1 aliphatic rings. The standard InChI is InChI=1S/C25H31ClN4O4S/c1-15(2)13-30(35(4,32)33)19-7-8-27-24(11-19)28-16(3)20-9-18-10-21(26)23(34-14-17-5-6-17)12-22(18)29-25(20)31/h7-12,15-17H,5-6,13-14H2,1-4H3,(H,27,28)(H,29,31)/t16-/m0/s1. The molecular weight excluding hydrogens is 488 g/mol. The molecule has 0 aliphatic heterocycles. The number of aromatic amines is 1. The van der Waals surface area contributed by atoms with Gasteiger partial charge in [-0.15, -0.1) is 0 Å². The average Bonchev–Trinajstić information content (AvgIpc) is 3.60. The van der Waals surface area contributed by atoms with Crippen molar-refractivity contribution < 1.29 is 13.2 Å². The third-order valence-corrected chi connectivity index (χ3v) is 7.35. The zero-order valence-corrected chi connectivity index (χ0v) is 21.9. The number of rotatable bonds is 10. The van der Waals surface area contributed by atoms with Crippen molar-refractivity contribution in [3.05, 3.63) is 57.5 Å². The summed E-state index contributed by atoms with van der Waals surface area (Å²) >= 11 is 6.43. The molecule has 1 fully saturated rings. The fraction of sp³-hybridized carbons (Fsp3) is 0.440. The van der Waals surface area contributed by atoms with E-state index in [-0.39, 0.29) is 11.5 Å². The van der Waals surface area contributed by atoms with Crippen molar-refractivity contribution in [2.75, 3.05) is 29.0 Å². The average molecular weight is 519 g/mol. The quantitative estimate of drug-likeness (QED) is 0.393. The maximum atomic E-state index is 12.9. The van der Waals surface area contributed by atoms with Gasteiger partial charge in [-0.25, -0.2) is 13.4 Å². The van der Waals surface area contributed by atoms with Crippen molar-refractivity contribution in [1.82, 2.24) is 9.97 Å². The van der Waals surface area contributed by atoms with Gasteiger partial charge in [0.1, 0.15) is 11.6 Å². The second-order valence-corrected chi connectivity index (χ2v) is 11.9. The molecule has 4 rings (SSSR count). The van der Waals surface area contributed by atoms with Gasteiger partial charge in [0.05, 0.1) is 35.1 Å². The molecular formula is C25H31ClN4O4S. The molecule has 10 heteroatoms.